The number of ether oxygens (including phenoxy) is 1. The third-order valence-corrected chi connectivity index (χ3v) is 2.62. The second kappa shape index (κ2) is 3.29. The van der Waals surface area contributed by atoms with E-state index in [4.69, 9.17) is 27.9 Å². The Labute approximate surface area is 84.0 Å². The van der Waals surface area contributed by atoms with Crippen molar-refractivity contribution in [1.82, 2.24) is 9.78 Å². The summed E-state index contributed by atoms with van der Waals surface area (Å²) in [5, 5.41) is 4.07. The molecule has 0 atom stereocenters. The smallest absolute Gasteiger partial charge is 0.287 e. The van der Waals surface area contributed by atoms with E-state index in [1.165, 1.54) is 10.9 Å². The van der Waals surface area contributed by atoms with Gasteiger partial charge in [0.1, 0.15) is 11.1 Å². The van der Waals surface area contributed by atoms with Crippen LogP contribution in [-0.4, -0.2) is 23.0 Å². The van der Waals surface area contributed by atoms with Gasteiger partial charge in [0.2, 0.25) is 0 Å². The molecule has 1 saturated heterocycles. The Hall–Kier alpha value is -0.580. The van der Waals surface area contributed by atoms with Crippen molar-refractivity contribution < 1.29 is 4.74 Å². The van der Waals surface area contributed by atoms with Crippen LogP contribution in [0.4, 0.5) is 0 Å². The first-order chi connectivity index (χ1) is 6.20. The number of halogens is 2. The molecular weight excluding hydrogens is 215 g/mol. The Morgan fingerprint density at radius 1 is 1.54 bits per heavy atom. The lowest BCUT2D eigenvalue weighted by atomic mass is 10.3. The molecule has 1 aromatic heterocycles. The maximum absolute atomic E-state index is 11.5. The van der Waals surface area contributed by atoms with Gasteiger partial charge in [-0.3, -0.25) is 4.79 Å². The molecule has 6 heteroatoms. The van der Waals surface area contributed by atoms with Crippen LogP contribution in [0.1, 0.15) is 6.04 Å². The lowest BCUT2D eigenvalue weighted by molar-refractivity contribution is -0.0308. The van der Waals surface area contributed by atoms with Crippen molar-refractivity contribution in [3.63, 3.8) is 0 Å². The Morgan fingerprint density at radius 3 is 2.77 bits per heavy atom. The van der Waals surface area contributed by atoms with Gasteiger partial charge in [0.05, 0.1) is 24.4 Å². The molecule has 4 nitrogen and oxygen atoms in total. The normalized spacial score (nSPS) is 17.1. The van der Waals surface area contributed by atoms with Crippen molar-refractivity contribution in [1.29, 1.82) is 0 Å². The van der Waals surface area contributed by atoms with Crippen LogP contribution in [0.5, 0.6) is 0 Å². The molecule has 0 N–H and O–H groups in total. The summed E-state index contributed by atoms with van der Waals surface area (Å²) in [6.45, 7) is 1.01. The minimum absolute atomic E-state index is 0.00210. The summed E-state index contributed by atoms with van der Waals surface area (Å²) < 4.78 is 6.24. The van der Waals surface area contributed by atoms with Gasteiger partial charge in [-0.2, -0.15) is 5.10 Å². The molecule has 0 saturated carbocycles. The average Bonchev–Trinajstić information content (AvgIpc) is 2.03. The van der Waals surface area contributed by atoms with Crippen molar-refractivity contribution in [2.75, 3.05) is 13.2 Å². The van der Waals surface area contributed by atoms with Crippen molar-refractivity contribution in [2.24, 2.45) is 0 Å². The summed E-state index contributed by atoms with van der Waals surface area (Å²) in [4.78, 5) is 11.5. The highest BCUT2D eigenvalue weighted by molar-refractivity contribution is 6.41. The molecule has 2 heterocycles. The third-order valence-electron chi connectivity index (χ3n) is 1.87. The third kappa shape index (κ3) is 1.45. The standard InChI is InChI=1S/C7H6Cl2N2O2/c8-5-1-10-11(4-2-13-3-4)7(12)6(5)9/h1,4H,2-3H2. The number of nitrogens with zero attached hydrogens (tertiary/aromatic N) is 2. The Balaban J connectivity index is 2.47. The van der Waals surface area contributed by atoms with E-state index in [2.05, 4.69) is 5.10 Å². The van der Waals surface area contributed by atoms with E-state index in [0.717, 1.165) is 0 Å². The first-order valence-electron chi connectivity index (χ1n) is 3.70. The second-order valence-electron chi connectivity index (χ2n) is 2.75. The fourth-order valence-corrected chi connectivity index (χ4v) is 1.31. The average molecular weight is 221 g/mol. The van der Waals surface area contributed by atoms with Crippen molar-refractivity contribution in [3.8, 4) is 0 Å². The maximum Gasteiger partial charge on any atom is 0.287 e. The van der Waals surface area contributed by atoms with Gasteiger partial charge in [-0.25, -0.2) is 4.68 Å². The maximum atomic E-state index is 11.5. The van der Waals surface area contributed by atoms with Gasteiger partial charge in [-0.15, -0.1) is 0 Å². The topological polar surface area (TPSA) is 44.1 Å². The molecule has 2 rings (SSSR count). The highest BCUT2D eigenvalue weighted by Gasteiger charge is 2.23. The highest BCUT2D eigenvalue weighted by Crippen LogP contribution is 2.18. The SMILES string of the molecule is O=c1c(Cl)c(Cl)cnn1C1COC1. The van der Waals surface area contributed by atoms with Crippen LogP contribution < -0.4 is 5.56 Å². The highest BCUT2D eigenvalue weighted by atomic mass is 35.5. The summed E-state index contributed by atoms with van der Waals surface area (Å²) in [5.74, 6) is 0. The van der Waals surface area contributed by atoms with Gasteiger partial charge in [0.25, 0.3) is 5.56 Å². The van der Waals surface area contributed by atoms with E-state index >= 15 is 0 Å². The molecule has 0 bridgehead atoms. The molecular formula is C7H6Cl2N2O2. The van der Waals surface area contributed by atoms with Crippen LogP contribution >= 0.6 is 23.2 Å². The predicted molar refractivity (Wildman–Crippen MR) is 48.4 cm³/mol. The van der Waals surface area contributed by atoms with E-state index in [0.29, 0.717) is 13.2 Å². The van der Waals surface area contributed by atoms with Gasteiger partial charge in [-0.1, -0.05) is 23.2 Å². The van der Waals surface area contributed by atoms with Crippen LogP contribution in [0.15, 0.2) is 11.0 Å². The Kier molecular flexibility index (Phi) is 2.27. The molecule has 1 fully saturated rings. The zero-order valence-electron chi connectivity index (χ0n) is 6.54. The molecule has 1 aliphatic heterocycles. The number of rotatable bonds is 1. The van der Waals surface area contributed by atoms with Crippen molar-refractivity contribution in [3.05, 3.63) is 26.6 Å². The zero-order valence-corrected chi connectivity index (χ0v) is 8.05. The molecule has 0 radical (unpaired) electrons. The molecule has 0 amide bonds. The molecule has 1 aliphatic rings. The Morgan fingerprint density at radius 2 is 2.23 bits per heavy atom. The summed E-state index contributed by atoms with van der Waals surface area (Å²) in [6.07, 6.45) is 1.36. The summed E-state index contributed by atoms with van der Waals surface area (Å²) in [6, 6.07) is 0.00210. The summed E-state index contributed by atoms with van der Waals surface area (Å²) >= 11 is 11.3. The lowest BCUT2D eigenvalue weighted by Gasteiger charge is -2.26. The van der Waals surface area contributed by atoms with Crippen LogP contribution in [0.3, 0.4) is 0 Å². The monoisotopic (exact) mass is 220 g/mol. The fraction of sp³-hybridized carbons (Fsp3) is 0.429. The van der Waals surface area contributed by atoms with E-state index in [-0.39, 0.29) is 21.6 Å². The van der Waals surface area contributed by atoms with Gasteiger partial charge >= 0.3 is 0 Å². The summed E-state index contributed by atoms with van der Waals surface area (Å²) in [7, 11) is 0. The van der Waals surface area contributed by atoms with E-state index < -0.39 is 0 Å². The lowest BCUT2D eigenvalue weighted by Crippen LogP contribution is -2.39. The number of hydrogen-bond acceptors (Lipinski definition) is 3. The van der Waals surface area contributed by atoms with Gasteiger partial charge in [-0.05, 0) is 0 Å². The molecule has 70 valence electrons. The molecule has 13 heavy (non-hydrogen) atoms. The number of hydrogen-bond donors (Lipinski definition) is 0. The van der Waals surface area contributed by atoms with Gasteiger partial charge in [0.15, 0.2) is 0 Å². The van der Waals surface area contributed by atoms with Crippen molar-refractivity contribution in [2.45, 2.75) is 6.04 Å². The second-order valence-corrected chi connectivity index (χ2v) is 3.53. The molecule has 0 aliphatic carbocycles. The first-order valence-corrected chi connectivity index (χ1v) is 4.46. The van der Waals surface area contributed by atoms with Gasteiger partial charge in [0, 0.05) is 0 Å². The van der Waals surface area contributed by atoms with Crippen molar-refractivity contribution >= 4 is 23.2 Å². The van der Waals surface area contributed by atoms with Crippen LogP contribution in [0.2, 0.25) is 10.0 Å². The molecule has 0 unspecified atom stereocenters. The minimum atomic E-state index is -0.359. The van der Waals surface area contributed by atoms with E-state index in [9.17, 15) is 4.79 Å². The molecule has 1 aromatic rings. The van der Waals surface area contributed by atoms with Crippen LogP contribution in [0, 0.1) is 0 Å². The number of aromatic nitrogens is 2. The van der Waals surface area contributed by atoms with E-state index in [1.807, 2.05) is 0 Å². The molecule has 0 spiro atoms. The van der Waals surface area contributed by atoms with Crippen LogP contribution in [-0.2, 0) is 4.74 Å². The fourth-order valence-electron chi connectivity index (χ4n) is 1.05. The van der Waals surface area contributed by atoms with E-state index in [1.54, 1.807) is 0 Å². The Bertz CT molecular complexity index is 387. The quantitative estimate of drug-likeness (QED) is 0.713. The summed E-state index contributed by atoms with van der Waals surface area (Å²) in [5.41, 5.74) is -0.359. The first kappa shape index (κ1) is 8.99. The largest absolute Gasteiger partial charge is 0.377 e. The zero-order chi connectivity index (χ0) is 9.42. The minimum Gasteiger partial charge on any atom is -0.377 e. The molecule has 0 aromatic carbocycles. The predicted octanol–water partition coefficient (Wildman–Crippen LogP) is 1.12. The van der Waals surface area contributed by atoms with Gasteiger partial charge < -0.3 is 4.74 Å². The van der Waals surface area contributed by atoms with Crippen LogP contribution in [0.25, 0.3) is 0 Å².